The third-order valence-electron chi connectivity index (χ3n) is 4.81. The molecular formula is C18H37NO. The van der Waals surface area contributed by atoms with E-state index in [-0.39, 0.29) is 17.2 Å². The zero-order chi connectivity index (χ0) is 15.7. The van der Waals surface area contributed by atoms with E-state index in [0.717, 1.165) is 19.3 Å². The first-order chi connectivity index (χ1) is 8.99. The first-order valence-electron chi connectivity index (χ1n) is 8.46. The summed E-state index contributed by atoms with van der Waals surface area (Å²) < 4.78 is 0. The molecule has 1 heterocycles. The van der Waals surface area contributed by atoms with Crippen molar-refractivity contribution in [3.05, 3.63) is 0 Å². The zero-order valence-electron chi connectivity index (χ0n) is 15.0. The number of hydrogen-bond acceptors (Lipinski definition) is 2. The van der Waals surface area contributed by atoms with Crippen LogP contribution in [-0.2, 0) is 0 Å². The molecule has 0 bridgehead atoms. The highest BCUT2D eigenvalue weighted by Gasteiger charge is 2.50. The van der Waals surface area contributed by atoms with Crippen molar-refractivity contribution in [2.45, 2.75) is 91.8 Å². The minimum Gasteiger partial charge on any atom is -0.393 e. The van der Waals surface area contributed by atoms with Crippen LogP contribution >= 0.6 is 0 Å². The molecule has 2 heteroatoms. The summed E-state index contributed by atoms with van der Waals surface area (Å²) in [6.07, 6.45) is 2.94. The van der Waals surface area contributed by atoms with Gasteiger partial charge in [-0.3, -0.25) is 0 Å². The maximum Gasteiger partial charge on any atom is 0.0605 e. The predicted octanol–water partition coefficient (Wildman–Crippen LogP) is 4.22. The number of rotatable bonds is 5. The Labute approximate surface area is 126 Å². The van der Waals surface area contributed by atoms with Crippen LogP contribution in [0, 0.1) is 23.7 Å². The monoisotopic (exact) mass is 283 g/mol. The lowest BCUT2D eigenvalue weighted by Gasteiger charge is -2.56. The fraction of sp³-hybridized carbons (Fsp3) is 1.00. The minimum atomic E-state index is -0.191. The summed E-state index contributed by atoms with van der Waals surface area (Å²) in [6.45, 7) is 18.2. The molecule has 1 saturated heterocycles. The number of aliphatic hydroxyl groups excluding tert-OH is 1. The number of nitrogens with one attached hydrogen (secondary N) is 1. The van der Waals surface area contributed by atoms with E-state index in [4.69, 9.17) is 0 Å². The molecule has 1 rings (SSSR count). The largest absolute Gasteiger partial charge is 0.393 e. The Kier molecular flexibility index (Phi) is 5.71. The van der Waals surface area contributed by atoms with Crippen LogP contribution in [-0.4, -0.2) is 22.3 Å². The molecule has 0 saturated carbocycles. The normalized spacial score (nSPS) is 39.0. The maximum absolute atomic E-state index is 10.8. The molecule has 0 aromatic carbocycles. The van der Waals surface area contributed by atoms with E-state index in [0.29, 0.717) is 23.7 Å². The van der Waals surface area contributed by atoms with Crippen molar-refractivity contribution >= 4 is 0 Å². The van der Waals surface area contributed by atoms with E-state index < -0.39 is 0 Å². The third kappa shape index (κ3) is 4.21. The topological polar surface area (TPSA) is 32.3 Å². The molecule has 0 aliphatic carbocycles. The van der Waals surface area contributed by atoms with E-state index in [1.807, 2.05) is 0 Å². The molecule has 0 amide bonds. The van der Waals surface area contributed by atoms with Gasteiger partial charge in [-0.25, -0.2) is 0 Å². The first kappa shape index (κ1) is 18.0. The molecule has 120 valence electrons. The predicted molar refractivity (Wildman–Crippen MR) is 87.8 cm³/mol. The zero-order valence-corrected chi connectivity index (χ0v) is 15.0. The van der Waals surface area contributed by atoms with Crippen molar-refractivity contribution < 1.29 is 5.11 Å². The lowest BCUT2D eigenvalue weighted by Crippen LogP contribution is -2.68. The summed E-state index contributed by atoms with van der Waals surface area (Å²) >= 11 is 0. The Bertz CT molecular complexity index is 313. The van der Waals surface area contributed by atoms with Crippen molar-refractivity contribution in [3.63, 3.8) is 0 Å². The highest BCUT2D eigenvalue weighted by molar-refractivity contribution is 5.07. The van der Waals surface area contributed by atoms with Crippen LogP contribution in [0.25, 0.3) is 0 Å². The van der Waals surface area contributed by atoms with Gasteiger partial charge >= 0.3 is 0 Å². The third-order valence-corrected chi connectivity index (χ3v) is 4.81. The van der Waals surface area contributed by atoms with Crippen molar-refractivity contribution in [1.29, 1.82) is 0 Å². The molecule has 2 N–H and O–H groups in total. The van der Waals surface area contributed by atoms with Crippen molar-refractivity contribution in [1.82, 2.24) is 5.32 Å². The van der Waals surface area contributed by atoms with Gasteiger partial charge in [-0.2, -0.15) is 0 Å². The van der Waals surface area contributed by atoms with Crippen LogP contribution in [0.5, 0.6) is 0 Å². The second kappa shape index (κ2) is 6.36. The van der Waals surface area contributed by atoms with Crippen molar-refractivity contribution in [2.75, 3.05) is 0 Å². The summed E-state index contributed by atoms with van der Waals surface area (Å²) in [7, 11) is 0. The SMILES string of the molecule is CC(C)CC1(C)CC(O)C(C(C)C)C(C)(CC(C)C)N1. The van der Waals surface area contributed by atoms with Crippen LogP contribution in [0.2, 0.25) is 0 Å². The van der Waals surface area contributed by atoms with E-state index in [1.165, 1.54) is 0 Å². The highest BCUT2D eigenvalue weighted by atomic mass is 16.3. The molecular weight excluding hydrogens is 246 g/mol. The molecule has 0 aromatic rings. The summed E-state index contributed by atoms with van der Waals surface area (Å²) in [6, 6.07) is 0. The molecule has 1 aliphatic heterocycles. The second-order valence-corrected chi connectivity index (χ2v) is 8.84. The Balaban J connectivity index is 3.05. The average molecular weight is 283 g/mol. The van der Waals surface area contributed by atoms with Gasteiger partial charge < -0.3 is 10.4 Å². The van der Waals surface area contributed by atoms with E-state index >= 15 is 0 Å². The highest BCUT2D eigenvalue weighted by Crippen LogP contribution is 2.43. The van der Waals surface area contributed by atoms with Crippen molar-refractivity contribution in [3.8, 4) is 0 Å². The Morgan fingerprint density at radius 3 is 1.90 bits per heavy atom. The van der Waals surface area contributed by atoms with Gasteiger partial charge in [0.05, 0.1) is 6.10 Å². The smallest absolute Gasteiger partial charge is 0.0605 e. The van der Waals surface area contributed by atoms with Gasteiger partial charge in [0.2, 0.25) is 0 Å². The Morgan fingerprint density at radius 1 is 1.00 bits per heavy atom. The lowest BCUT2D eigenvalue weighted by atomic mass is 9.63. The minimum absolute atomic E-state index is 0.0314. The van der Waals surface area contributed by atoms with E-state index in [2.05, 4.69) is 60.7 Å². The van der Waals surface area contributed by atoms with Gasteiger partial charge in [0, 0.05) is 17.0 Å². The van der Waals surface area contributed by atoms with Gasteiger partial charge in [-0.05, 0) is 50.9 Å². The molecule has 0 spiro atoms. The van der Waals surface area contributed by atoms with E-state index in [9.17, 15) is 5.11 Å². The molecule has 1 aliphatic rings. The van der Waals surface area contributed by atoms with Crippen LogP contribution < -0.4 is 5.32 Å². The van der Waals surface area contributed by atoms with Gasteiger partial charge in [-0.1, -0.05) is 41.5 Å². The first-order valence-corrected chi connectivity index (χ1v) is 8.46. The fourth-order valence-corrected chi connectivity index (χ4v) is 5.09. The molecule has 2 nitrogen and oxygen atoms in total. The van der Waals surface area contributed by atoms with Crippen LogP contribution in [0.1, 0.15) is 74.7 Å². The summed E-state index contributed by atoms with van der Waals surface area (Å²) in [5, 5.41) is 14.8. The van der Waals surface area contributed by atoms with Crippen LogP contribution in [0.3, 0.4) is 0 Å². The van der Waals surface area contributed by atoms with Gasteiger partial charge in [0.1, 0.15) is 0 Å². The Hall–Kier alpha value is -0.0800. The molecule has 1 fully saturated rings. The molecule has 4 atom stereocenters. The number of aliphatic hydroxyl groups is 1. The number of hydrogen-bond donors (Lipinski definition) is 2. The number of piperidine rings is 1. The van der Waals surface area contributed by atoms with Gasteiger partial charge in [-0.15, -0.1) is 0 Å². The molecule has 4 unspecified atom stereocenters. The standard InChI is InChI=1S/C18H37NO/c1-12(2)9-17(7)11-15(20)16(14(5)6)18(8,19-17)10-13(3)4/h12-16,19-20H,9-11H2,1-8H3. The quantitative estimate of drug-likeness (QED) is 0.791. The summed E-state index contributed by atoms with van der Waals surface area (Å²) in [5.74, 6) is 2.14. The lowest BCUT2D eigenvalue weighted by molar-refractivity contribution is -0.0645. The Morgan fingerprint density at radius 2 is 1.50 bits per heavy atom. The van der Waals surface area contributed by atoms with Gasteiger partial charge in [0.25, 0.3) is 0 Å². The molecule has 20 heavy (non-hydrogen) atoms. The molecule has 0 aromatic heterocycles. The van der Waals surface area contributed by atoms with E-state index in [1.54, 1.807) is 0 Å². The molecule has 0 radical (unpaired) electrons. The maximum atomic E-state index is 10.8. The van der Waals surface area contributed by atoms with Crippen LogP contribution in [0.4, 0.5) is 0 Å². The fourth-order valence-electron chi connectivity index (χ4n) is 5.09. The van der Waals surface area contributed by atoms with Crippen LogP contribution in [0.15, 0.2) is 0 Å². The average Bonchev–Trinajstić information content (AvgIpc) is 2.08. The summed E-state index contributed by atoms with van der Waals surface area (Å²) in [5.41, 5.74) is 0.0895. The summed E-state index contributed by atoms with van der Waals surface area (Å²) in [4.78, 5) is 0. The van der Waals surface area contributed by atoms with Gasteiger partial charge in [0.15, 0.2) is 0 Å². The van der Waals surface area contributed by atoms with Crippen molar-refractivity contribution in [2.24, 2.45) is 23.7 Å². The second-order valence-electron chi connectivity index (χ2n) is 8.84.